The Kier molecular flexibility index (Phi) is 5.85. The van der Waals surface area contributed by atoms with Gasteiger partial charge in [0.2, 0.25) is 5.91 Å². The van der Waals surface area contributed by atoms with Gasteiger partial charge in [-0.3, -0.25) is 14.5 Å². The number of aryl methyl sites for hydroxylation is 2. The van der Waals surface area contributed by atoms with E-state index in [1.54, 1.807) is 4.90 Å². The molecule has 33 heavy (non-hydrogen) atoms. The summed E-state index contributed by atoms with van der Waals surface area (Å²) in [5.41, 5.74) is 3.89. The lowest BCUT2D eigenvalue weighted by Gasteiger charge is -2.23. The highest BCUT2D eigenvalue weighted by molar-refractivity contribution is 7.20. The van der Waals surface area contributed by atoms with E-state index >= 15 is 0 Å². The molecule has 2 heterocycles. The third-order valence-corrected chi connectivity index (χ3v) is 7.39. The standard InChI is InChI=1S/C27H27N3O2S/c1-17-10-12-22(13-11-17)30(16-24(31)28-21-8-3-4-9-21)27(32)23-15-20-14-19-7-5-6-18(2)25(19)29-26(20)33-23/h5-7,10-15,21H,3-4,8-9,16H2,1-2H3,(H,28,31). The molecule has 5 nitrogen and oxygen atoms in total. The van der Waals surface area contributed by atoms with Gasteiger partial charge < -0.3 is 5.32 Å². The topological polar surface area (TPSA) is 62.3 Å². The van der Waals surface area contributed by atoms with Gasteiger partial charge in [-0.15, -0.1) is 11.3 Å². The Morgan fingerprint density at radius 1 is 1.03 bits per heavy atom. The normalized spacial score (nSPS) is 14.1. The van der Waals surface area contributed by atoms with Gasteiger partial charge in [0, 0.05) is 22.5 Å². The molecule has 2 amide bonds. The first-order chi connectivity index (χ1) is 16.0. The van der Waals surface area contributed by atoms with Crippen molar-refractivity contribution in [1.82, 2.24) is 10.3 Å². The number of nitrogens with one attached hydrogen (secondary N) is 1. The van der Waals surface area contributed by atoms with E-state index in [1.807, 2.05) is 62.4 Å². The molecule has 2 aromatic heterocycles. The van der Waals surface area contributed by atoms with Gasteiger partial charge in [0.1, 0.15) is 11.4 Å². The number of benzene rings is 2. The number of rotatable bonds is 5. The fraction of sp³-hybridized carbons (Fsp3) is 0.296. The van der Waals surface area contributed by atoms with E-state index in [1.165, 1.54) is 11.3 Å². The Labute approximate surface area is 197 Å². The first-order valence-corrected chi connectivity index (χ1v) is 12.3. The maximum absolute atomic E-state index is 13.7. The number of hydrogen-bond donors (Lipinski definition) is 1. The van der Waals surface area contributed by atoms with E-state index in [0.29, 0.717) is 4.88 Å². The van der Waals surface area contributed by atoms with Gasteiger partial charge in [0.25, 0.3) is 5.91 Å². The Morgan fingerprint density at radius 3 is 2.55 bits per heavy atom. The third kappa shape index (κ3) is 4.48. The van der Waals surface area contributed by atoms with Crippen molar-refractivity contribution in [3.8, 4) is 0 Å². The zero-order chi connectivity index (χ0) is 22.9. The number of aromatic nitrogens is 1. The largest absolute Gasteiger partial charge is 0.352 e. The van der Waals surface area contributed by atoms with Crippen LogP contribution in [0.4, 0.5) is 5.69 Å². The number of nitrogens with zero attached hydrogens (tertiary/aromatic N) is 2. The Hall–Kier alpha value is -3.25. The maximum atomic E-state index is 13.7. The van der Waals surface area contributed by atoms with Crippen molar-refractivity contribution in [2.45, 2.75) is 45.6 Å². The van der Waals surface area contributed by atoms with Crippen LogP contribution in [-0.4, -0.2) is 29.4 Å². The first-order valence-electron chi connectivity index (χ1n) is 11.5. The van der Waals surface area contributed by atoms with Gasteiger partial charge in [-0.2, -0.15) is 0 Å². The van der Waals surface area contributed by atoms with Crippen LogP contribution in [0.2, 0.25) is 0 Å². The fourth-order valence-electron chi connectivity index (χ4n) is 4.54. The van der Waals surface area contributed by atoms with E-state index in [9.17, 15) is 9.59 Å². The van der Waals surface area contributed by atoms with Crippen molar-refractivity contribution in [2.75, 3.05) is 11.4 Å². The number of carbonyl (C=O) groups is 2. The van der Waals surface area contributed by atoms with Crippen molar-refractivity contribution in [1.29, 1.82) is 0 Å². The van der Waals surface area contributed by atoms with Gasteiger partial charge in [-0.05, 0) is 56.5 Å². The zero-order valence-electron chi connectivity index (χ0n) is 18.9. The summed E-state index contributed by atoms with van der Waals surface area (Å²) in [6.45, 7) is 4.05. The molecule has 1 N–H and O–H groups in total. The van der Waals surface area contributed by atoms with Crippen LogP contribution in [0.25, 0.3) is 21.1 Å². The molecule has 0 saturated heterocycles. The number of thiophene rings is 1. The lowest BCUT2D eigenvalue weighted by atomic mass is 10.1. The molecule has 2 aromatic carbocycles. The molecule has 0 bridgehead atoms. The van der Waals surface area contributed by atoms with E-state index in [0.717, 1.165) is 63.6 Å². The molecule has 4 aromatic rings. The van der Waals surface area contributed by atoms with Crippen molar-refractivity contribution >= 4 is 50.0 Å². The highest BCUT2D eigenvalue weighted by Crippen LogP contribution is 2.30. The minimum atomic E-state index is -0.177. The molecule has 0 unspecified atom stereocenters. The van der Waals surface area contributed by atoms with Crippen LogP contribution >= 0.6 is 11.3 Å². The average molecular weight is 458 g/mol. The molecule has 0 aliphatic heterocycles. The second kappa shape index (κ2) is 8.94. The molecule has 0 radical (unpaired) electrons. The fourth-order valence-corrected chi connectivity index (χ4v) is 5.50. The second-order valence-electron chi connectivity index (χ2n) is 8.92. The molecule has 1 aliphatic carbocycles. The summed E-state index contributed by atoms with van der Waals surface area (Å²) in [5.74, 6) is -0.291. The Balaban J connectivity index is 1.48. The van der Waals surface area contributed by atoms with Gasteiger partial charge in [0.05, 0.1) is 10.4 Å². The predicted octanol–water partition coefficient (Wildman–Crippen LogP) is 5.77. The quantitative estimate of drug-likeness (QED) is 0.414. The highest BCUT2D eigenvalue weighted by Gasteiger charge is 2.25. The number of amides is 2. The first kappa shape index (κ1) is 21.6. The predicted molar refractivity (Wildman–Crippen MR) is 135 cm³/mol. The Morgan fingerprint density at radius 2 is 1.79 bits per heavy atom. The zero-order valence-corrected chi connectivity index (χ0v) is 19.7. The number of para-hydroxylation sites is 1. The minimum absolute atomic E-state index is 0.00114. The minimum Gasteiger partial charge on any atom is -0.352 e. The lowest BCUT2D eigenvalue weighted by Crippen LogP contribution is -2.43. The van der Waals surface area contributed by atoms with Gasteiger partial charge in [0.15, 0.2) is 0 Å². The Bertz CT molecular complexity index is 1340. The summed E-state index contributed by atoms with van der Waals surface area (Å²) in [6.07, 6.45) is 4.32. The van der Waals surface area contributed by atoms with Crippen LogP contribution in [-0.2, 0) is 4.79 Å². The monoisotopic (exact) mass is 457 g/mol. The maximum Gasteiger partial charge on any atom is 0.268 e. The molecule has 6 heteroatoms. The molecular formula is C27H27N3O2S. The molecule has 1 saturated carbocycles. The van der Waals surface area contributed by atoms with Crippen LogP contribution in [0, 0.1) is 13.8 Å². The number of carbonyl (C=O) groups excluding carboxylic acids is 2. The molecule has 5 rings (SSSR count). The summed E-state index contributed by atoms with van der Waals surface area (Å²) in [7, 11) is 0. The van der Waals surface area contributed by atoms with E-state index < -0.39 is 0 Å². The van der Waals surface area contributed by atoms with Crippen molar-refractivity contribution in [3.05, 3.63) is 70.6 Å². The average Bonchev–Trinajstić information content (AvgIpc) is 3.46. The van der Waals surface area contributed by atoms with Crippen LogP contribution < -0.4 is 10.2 Å². The summed E-state index contributed by atoms with van der Waals surface area (Å²) < 4.78 is 0. The number of anilines is 1. The van der Waals surface area contributed by atoms with E-state index in [-0.39, 0.29) is 24.4 Å². The summed E-state index contributed by atoms with van der Waals surface area (Å²) in [5, 5.41) is 5.12. The number of hydrogen-bond acceptors (Lipinski definition) is 4. The molecule has 0 spiro atoms. The van der Waals surface area contributed by atoms with Crippen LogP contribution in [0.15, 0.2) is 54.6 Å². The van der Waals surface area contributed by atoms with E-state index in [4.69, 9.17) is 4.98 Å². The summed E-state index contributed by atoms with van der Waals surface area (Å²) >= 11 is 1.38. The lowest BCUT2D eigenvalue weighted by molar-refractivity contribution is -0.120. The van der Waals surface area contributed by atoms with Crippen molar-refractivity contribution in [2.24, 2.45) is 0 Å². The number of pyridine rings is 1. The molecule has 1 aliphatic rings. The van der Waals surface area contributed by atoms with Crippen LogP contribution in [0.5, 0.6) is 0 Å². The van der Waals surface area contributed by atoms with Crippen LogP contribution in [0.3, 0.4) is 0 Å². The SMILES string of the molecule is Cc1ccc(N(CC(=O)NC2CCCC2)C(=O)c2cc3cc4cccc(C)c4nc3s2)cc1. The highest BCUT2D eigenvalue weighted by atomic mass is 32.1. The smallest absolute Gasteiger partial charge is 0.268 e. The molecule has 1 fully saturated rings. The molecular weight excluding hydrogens is 430 g/mol. The van der Waals surface area contributed by atoms with Crippen molar-refractivity contribution in [3.63, 3.8) is 0 Å². The van der Waals surface area contributed by atoms with Crippen LogP contribution in [0.1, 0.15) is 46.5 Å². The molecule has 168 valence electrons. The molecule has 0 atom stereocenters. The van der Waals surface area contributed by atoms with Gasteiger partial charge in [-0.1, -0.05) is 48.7 Å². The second-order valence-corrected chi connectivity index (χ2v) is 9.95. The number of fused-ring (bicyclic) bond motifs is 2. The van der Waals surface area contributed by atoms with Gasteiger partial charge in [-0.25, -0.2) is 4.98 Å². The van der Waals surface area contributed by atoms with Gasteiger partial charge >= 0.3 is 0 Å². The summed E-state index contributed by atoms with van der Waals surface area (Å²) in [4.78, 5) is 34.3. The van der Waals surface area contributed by atoms with Crippen molar-refractivity contribution < 1.29 is 9.59 Å². The third-order valence-electron chi connectivity index (χ3n) is 6.36. The van der Waals surface area contributed by atoms with E-state index in [2.05, 4.69) is 11.4 Å². The summed E-state index contributed by atoms with van der Waals surface area (Å²) in [6, 6.07) is 18.0.